The average Bonchev–Trinajstić information content (AvgIpc) is 2.68. The Hall–Kier alpha value is -0.603. The number of ether oxygens (including phenoxy) is 2. The Labute approximate surface area is 246 Å². The predicted molar refractivity (Wildman–Crippen MR) is 159 cm³/mol. The molecule has 6 nitrogen and oxygen atoms in total. The molecular weight excluding hydrogens is 567 g/mol. The van der Waals surface area contributed by atoms with E-state index in [2.05, 4.69) is 40.4 Å². The van der Waals surface area contributed by atoms with Gasteiger partial charge in [-0.15, -0.1) is 6.58 Å². The molecule has 0 amide bonds. The molecule has 4 atom stereocenters. The number of carbonyl (C=O) groups excluding carboxylic acids is 3. The first-order chi connectivity index (χ1) is 16.8. The summed E-state index contributed by atoms with van der Waals surface area (Å²) in [5.74, 6) is -3.16. The van der Waals surface area contributed by atoms with Gasteiger partial charge in [-0.25, -0.2) is 0 Å². The zero-order valence-electron chi connectivity index (χ0n) is 25.3. The topological polar surface area (TPSA) is 78.9 Å². The van der Waals surface area contributed by atoms with Crippen molar-refractivity contribution in [3.63, 3.8) is 0 Å². The summed E-state index contributed by atoms with van der Waals surface area (Å²) >= 11 is 17.4. The van der Waals surface area contributed by atoms with Crippen LogP contribution >= 0.6 is 34.8 Å². The highest BCUT2D eigenvalue weighted by Crippen LogP contribution is 2.43. The molecule has 0 aromatic carbocycles. The largest absolute Gasteiger partial charge is 0.461 e. The highest BCUT2D eigenvalue weighted by atomic mass is 35.6. The first kappa shape index (κ1) is 37.4. The maximum atomic E-state index is 14.1. The third-order valence-corrected chi connectivity index (χ3v) is 12.0. The van der Waals surface area contributed by atoms with E-state index >= 15 is 0 Å². The zero-order chi connectivity index (χ0) is 30.5. The van der Waals surface area contributed by atoms with E-state index in [9.17, 15) is 14.4 Å². The van der Waals surface area contributed by atoms with Crippen molar-refractivity contribution in [3.8, 4) is 0 Å². The summed E-state index contributed by atoms with van der Waals surface area (Å²) in [5, 5.41) is -0.161. The number of carbonyl (C=O) groups is 3. The van der Waals surface area contributed by atoms with Crippen LogP contribution in [-0.2, 0) is 28.3 Å². The maximum absolute atomic E-state index is 14.1. The van der Waals surface area contributed by atoms with Crippen LogP contribution in [0.1, 0.15) is 82.1 Å². The minimum absolute atomic E-state index is 0.0974. The van der Waals surface area contributed by atoms with E-state index < -0.39 is 59.6 Å². The molecule has 0 aliphatic carbocycles. The van der Waals surface area contributed by atoms with E-state index in [1.165, 1.54) is 0 Å². The Morgan fingerprint density at radius 3 is 1.84 bits per heavy atom. The van der Waals surface area contributed by atoms with Gasteiger partial charge in [0.05, 0.1) is 18.4 Å². The summed E-state index contributed by atoms with van der Waals surface area (Å²) in [4.78, 5) is 40.2. The number of rotatable bonds is 13. The van der Waals surface area contributed by atoms with E-state index in [4.69, 9.17) is 48.7 Å². The van der Waals surface area contributed by atoms with Gasteiger partial charge in [0.15, 0.2) is 8.32 Å². The molecule has 10 heteroatoms. The molecule has 222 valence electrons. The van der Waals surface area contributed by atoms with Crippen LogP contribution in [0, 0.1) is 23.2 Å². The van der Waals surface area contributed by atoms with E-state index in [0.29, 0.717) is 6.42 Å². The molecule has 0 aromatic heterocycles. The molecule has 0 unspecified atom stereocenters. The fraction of sp³-hybridized carbons (Fsp3) is 0.821. The molecule has 0 saturated heterocycles. The summed E-state index contributed by atoms with van der Waals surface area (Å²) in [6, 6.07) is 0. The van der Waals surface area contributed by atoms with Gasteiger partial charge in [0.1, 0.15) is 18.0 Å². The fourth-order valence-corrected chi connectivity index (χ4v) is 5.61. The Morgan fingerprint density at radius 1 is 0.947 bits per heavy atom. The summed E-state index contributed by atoms with van der Waals surface area (Å²) < 4.78 is 15.8. The fourth-order valence-electron chi connectivity index (χ4n) is 4.01. The molecule has 0 spiro atoms. The van der Waals surface area contributed by atoms with Crippen LogP contribution in [0.25, 0.3) is 0 Å². The lowest BCUT2D eigenvalue weighted by molar-refractivity contribution is -0.162. The van der Waals surface area contributed by atoms with Crippen LogP contribution in [-0.4, -0.2) is 48.1 Å². The molecule has 0 fully saturated rings. The van der Waals surface area contributed by atoms with Crippen molar-refractivity contribution in [2.45, 2.75) is 116 Å². The van der Waals surface area contributed by atoms with Crippen molar-refractivity contribution in [2.24, 2.45) is 23.2 Å². The quantitative estimate of drug-likeness (QED) is 0.0902. The van der Waals surface area contributed by atoms with Gasteiger partial charge in [-0.2, -0.15) is 0 Å². The van der Waals surface area contributed by atoms with Crippen molar-refractivity contribution >= 4 is 60.8 Å². The monoisotopic (exact) mass is 614 g/mol. The summed E-state index contributed by atoms with van der Waals surface area (Å²) in [6.07, 6.45) is 1.31. The lowest BCUT2D eigenvalue weighted by atomic mass is 9.70. The Morgan fingerprint density at radius 2 is 1.45 bits per heavy atom. The molecule has 0 aromatic rings. The smallest absolute Gasteiger partial charge is 0.310 e. The highest BCUT2D eigenvalue weighted by molar-refractivity contribution is 6.74. The first-order valence-corrected chi connectivity index (χ1v) is 17.1. The van der Waals surface area contributed by atoms with Gasteiger partial charge >= 0.3 is 11.9 Å². The molecule has 0 rings (SSSR count). The minimum atomic E-state index is -2.41. The number of hydrogen-bond acceptors (Lipinski definition) is 6. The van der Waals surface area contributed by atoms with Crippen LogP contribution in [0.4, 0.5) is 0 Å². The second-order valence-electron chi connectivity index (χ2n) is 13.3. The van der Waals surface area contributed by atoms with Crippen molar-refractivity contribution in [1.82, 2.24) is 0 Å². The molecule has 0 aliphatic heterocycles. The lowest BCUT2D eigenvalue weighted by Crippen LogP contribution is -2.53. The first-order valence-electron chi connectivity index (χ1n) is 13.0. The Bertz CT molecular complexity index is 837. The maximum Gasteiger partial charge on any atom is 0.310 e. The highest BCUT2D eigenvalue weighted by Gasteiger charge is 2.49. The number of ketones is 1. The van der Waals surface area contributed by atoms with Crippen molar-refractivity contribution in [1.29, 1.82) is 0 Å². The molecule has 0 heterocycles. The van der Waals surface area contributed by atoms with Gasteiger partial charge in [-0.1, -0.05) is 89.3 Å². The van der Waals surface area contributed by atoms with Crippen LogP contribution in [0.15, 0.2) is 12.7 Å². The third kappa shape index (κ3) is 11.9. The van der Waals surface area contributed by atoms with Gasteiger partial charge in [0.2, 0.25) is 3.79 Å². The average molecular weight is 616 g/mol. The van der Waals surface area contributed by atoms with Crippen molar-refractivity contribution < 1.29 is 28.3 Å². The Kier molecular flexibility index (Phi) is 13.6. The lowest BCUT2D eigenvalue weighted by Gasteiger charge is -2.44. The standard InChI is InChI=1S/C28H49Cl3O6Si/c1-14-15-18(2)22(24(34)35-17-28(29,30)31)19(3)23(33)27(10,11)20(16-21(32)36-25(4,5)6)37-38(12,13)26(7,8)9/h14,18-20,22H,1,15-17H2,2-13H3/t18-,19-,20-,22+/m0/s1. The number of halogens is 3. The van der Waals surface area contributed by atoms with Crippen molar-refractivity contribution in [2.75, 3.05) is 6.61 Å². The van der Waals surface area contributed by atoms with Gasteiger partial charge in [0, 0.05) is 11.3 Å². The van der Waals surface area contributed by atoms with Gasteiger partial charge in [-0.05, 0) is 51.2 Å². The predicted octanol–water partition coefficient (Wildman–Crippen LogP) is 8.08. The summed E-state index contributed by atoms with van der Waals surface area (Å²) in [7, 11) is -2.41. The van der Waals surface area contributed by atoms with Crippen LogP contribution in [0.2, 0.25) is 18.1 Å². The molecule has 38 heavy (non-hydrogen) atoms. The van der Waals surface area contributed by atoms with E-state index in [1.54, 1.807) is 47.6 Å². The van der Waals surface area contributed by atoms with E-state index in [0.717, 1.165) is 0 Å². The van der Waals surface area contributed by atoms with Gasteiger partial charge < -0.3 is 13.9 Å². The van der Waals surface area contributed by atoms with Crippen LogP contribution in [0.5, 0.6) is 0 Å². The van der Waals surface area contributed by atoms with Crippen molar-refractivity contribution in [3.05, 3.63) is 12.7 Å². The normalized spacial score (nSPS) is 16.7. The molecular formula is C28H49Cl3O6Si. The number of esters is 2. The van der Waals surface area contributed by atoms with Crippen LogP contribution in [0.3, 0.4) is 0 Å². The van der Waals surface area contributed by atoms with E-state index in [1.807, 2.05) is 6.92 Å². The van der Waals surface area contributed by atoms with Crippen LogP contribution < -0.4 is 0 Å². The number of alkyl halides is 3. The zero-order valence-corrected chi connectivity index (χ0v) is 28.6. The Balaban J connectivity index is 6.39. The summed E-state index contributed by atoms with van der Waals surface area (Å²) in [6.45, 7) is 26.2. The summed E-state index contributed by atoms with van der Waals surface area (Å²) in [5.41, 5.74) is -1.81. The molecule has 0 saturated carbocycles. The van der Waals surface area contributed by atoms with E-state index in [-0.39, 0.29) is 23.2 Å². The SMILES string of the molecule is C=CC[C@H](C)[C@@H](C(=O)OCC(Cl)(Cl)Cl)[C@H](C)C(=O)C(C)(C)[C@H](CC(=O)OC(C)(C)C)O[Si](C)(C)C(C)(C)C. The third-order valence-electron chi connectivity index (χ3n) is 7.21. The molecule has 0 N–H and O–H groups in total. The number of allylic oxidation sites excluding steroid dienone is 1. The minimum Gasteiger partial charge on any atom is -0.461 e. The molecule has 0 aliphatic rings. The molecule has 0 radical (unpaired) electrons. The van der Waals surface area contributed by atoms with Gasteiger partial charge in [0.25, 0.3) is 0 Å². The number of hydrogen-bond donors (Lipinski definition) is 0. The number of Topliss-reactive ketones (excluding diaryl/α,β-unsaturated/α-hetero) is 1. The van der Waals surface area contributed by atoms with Gasteiger partial charge in [-0.3, -0.25) is 14.4 Å². The second kappa shape index (κ2) is 13.8. The molecule has 0 bridgehead atoms. The second-order valence-corrected chi connectivity index (χ2v) is 20.6.